The van der Waals surface area contributed by atoms with Gasteiger partial charge in [0, 0.05) is 12.1 Å². The molecular weight excluding hydrogens is 338 g/mol. The predicted molar refractivity (Wildman–Crippen MR) is 69.7 cm³/mol. The van der Waals surface area contributed by atoms with Crippen molar-refractivity contribution in [3.63, 3.8) is 0 Å². The number of hydrogen-bond acceptors (Lipinski definition) is 7. The first-order valence-corrected chi connectivity index (χ1v) is 6.32. The first-order valence-electron chi connectivity index (χ1n) is 5.52. The average molecular weight is 352 g/mol. The van der Waals surface area contributed by atoms with Gasteiger partial charge >= 0.3 is 12.1 Å². The van der Waals surface area contributed by atoms with Gasteiger partial charge in [0.2, 0.25) is 11.8 Å². The fraction of sp³-hybridized carbons (Fsp3) is 0.455. The van der Waals surface area contributed by atoms with Gasteiger partial charge in [-0.25, -0.2) is 4.79 Å². The standard InChI is InChI=1S/C11H14BrNO7/c1-11(2,12)9(16)18-5-6-19-10(17)20-13-7(14)3-4-8(13)15/h3-4,14-15H,5-6H2,1-2H3. The molecule has 0 bridgehead atoms. The van der Waals surface area contributed by atoms with Crippen LogP contribution < -0.4 is 4.84 Å². The van der Waals surface area contributed by atoms with Crippen molar-refractivity contribution < 1.29 is 34.1 Å². The third kappa shape index (κ3) is 4.65. The summed E-state index contributed by atoms with van der Waals surface area (Å²) in [6, 6.07) is 2.25. The van der Waals surface area contributed by atoms with Crippen molar-refractivity contribution in [1.29, 1.82) is 0 Å². The average Bonchev–Trinajstić information content (AvgIpc) is 2.65. The van der Waals surface area contributed by atoms with Crippen LogP contribution in [0.2, 0.25) is 0 Å². The minimum Gasteiger partial charge on any atom is -0.492 e. The number of carbonyl (C=O) groups is 2. The van der Waals surface area contributed by atoms with Crippen molar-refractivity contribution in [2.24, 2.45) is 0 Å². The Kier molecular flexibility index (Phi) is 5.26. The van der Waals surface area contributed by atoms with Crippen LogP contribution in [0.1, 0.15) is 13.8 Å². The number of carbonyl (C=O) groups excluding carboxylic acids is 2. The van der Waals surface area contributed by atoms with Crippen LogP contribution in [0, 0.1) is 0 Å². The van der Waals surface area contributed by atoms with E-state index < -0.39 is 28.2 Å². The van der Waals surface area contributed by atoms with Crippen LogP contribution >= 0.6 is 15.9 Å². The first kappa shape index (κ1) is 16.2. The number of ether oxygens (including phenoxy) is 2. The zero-order valence-corrected chi connectivity index (χ0v) is 12.4. The van der Waals surface area contributed by atoms with Crippen LogP contribution in [0.3, 0.4) is 0 Å². The minimum absolute atomic E-state index is 0.146. The largest absolute Gasteiger partial charge is 0.534 e. The molecule has 0 aliphatic rings. The Morgan fingerprint density at radius 1 is 1.20 bits per heavy atom. The van der Waals surface area contributed by atoms with Crippen molar-refractivity contribution in [2.45, 2.75) is 18.2 Å². The van der Waals surface area contributed by atoms with Gasteiger partial charge in [0.25, 0.3) is 0 Å². The smallest absolute Gasteiger partial charge is 0.492 e. The predicted octanol–water partition coefficient (Wildman–Crippen LogP) is 1.18. The first-order chi connectivity index (χ1) is 9.21. The Morgan fingerprint density at radius 3 is 2.20 bits per heavy atom. The summed E-state index contributed by atoms with van der Waals surface area (Å²) >= 11 is 3.11. The molecule has 0 unspecified atom stereocenters. The van der Waals surface area contributed by atoms with E-state index >= 15 is 0 Å². The zero-order valence-electron chi connectivity index (χ0n) is 10.8. The van der Waals surface area contributed by atoms with E-state index in [0.29, 0.717) is 4.73 Å². The van der Waals surface area contributed by atoms with Gasteiger partial charge in [-0.1, -0.05) is 15.9 Å². The molecule has 9 heteroatoms. The summed E-state index contributed by atoms with van der Waals surface area (Å²) < 4.78 is 9.07. The van der Waals surface area contributed by atoms with E-state index in [1.165, 1.54) is 0 Å². The Hall–Kier alpha value is -1.90. The van der Waals surface area contributed by atoms with Gasteiger partial charge in [-0.15, -0.1) is 4.73 Å². The molecule has 0 radical (unpaired) electrons. The number of hydrogen-bond donors (Lipinski definition) is 2. The molecule has 1 heterocycles. The maximum atomic E-state index is 11.3. The molecule has 2 N–H and O–H groups in total. The highest BCUT2D eigenvalue weighted by Crippen LogP contribution is 2.19. The Balaban J connectivity index is 2.30. The van der Waals surface area contributed by atoms with Crippen LogP contribution in [0.4, 0.5) is 4.79 Å². The summed E-state index contributed by atoms with van der Waals surface area (Å²) in [5.74, 6) is -1.44. The Bertz CT molecular complexity index is 472. The van der Waals surface area contributed by atoms with Crippen molar-refractivity contribution in [3.8, 4) is 11.8 Å². The molecular formula is C11H14BrNO7. The van der Waals surface area contributed by atoms with Gasteiger partial charge in [-0.2, -0.15) is 0 Å². The number of halogens is 1. The molecule has 1 aromatic heterocycles. The van der Waals surface area contributed by atoms with Gasteiger partial charge < -0.3 is 19.7 Å². The second-order valence-electron chi connectivity index (χ2n) is 4.14. The SMILES string of the molecule is CC(C)(Br)C(=O)OCCOC(=O)On1c(O)ccc1O. The lowest BCUT2D eigenvalue weighted by atomic mass is 10.2. The normalized spacial score (nSPS) is 10.9. The lowest BCUT2D eigenvalue weighted by Gasteiger charge is -2.14. The van der Waals surface area contributed by atoms with Crippen molar-refractivity contribution in [2.75, 3.05) is 13.2 Å². The Labute approximate surface area is 122 Å². The summed E-state index contributed by atoms with van der Waals surface area (Å²) in [5, 5.41) is 18.4. The molecule has 0 saturated carbocycles. The molecule has 8 nitrogen and oxygen atoms in total. The number of nitrogens with zero attached hydrogens (tertiary/aromatic N) is 1. The van der Waals surface area contributed by atoms with E-state index in [2.05, 4.69) is 25.5 Å². The number of alkyl halides is 1. The zero-order chi connectivity index (χ0) is 15.3. The third-order valence-corrected chi connectivity index (χ3v) is 2.31. The fourth-order valence-corrected chi connectivity index (χ4v) is 1.14. The maximum Gasteiger partial charge on any atom is 0.534 e. The van der Waals surface area contributed by atoms with E-state index in [0.717, 1.165) is 12.1 Å². The van der Waals surface area contributed by atoms with E-state index in [4.69, 9.17) is 4.74 Å². The molecule has 0 spiro atoms. The molecule has 0 aliphatic carbocycles. The number of aromatic hydroxyl groups is 2. The lowest BCUT2D eigenvalue weighted by Crippen LogP contribution is -2.28. The van der Waals surface area contributed by atoms with E-state index in [1.807, 2.05) is 0 Å². The minimum atomic E-state index is -1.17. The summed E-state index contributed by atoms with van der Waals surface area (Å²) in [7, 11) is 0. The van der Waals surface area contributed by atoms with Crippen molar-refractivity contribution in [1.82, 2.24) is 4.73 Å². The number of aromatic nitrogens is 1. The van der Waals surface area contributed by atoms with Gasteiger partial charge in [0.1, 0.15) is 17.5 Å². The molecule has 0 aromatic carbocycles. The van der Waals surface area contributed by atoms with Crippen LogP contribution in [0.5, 0.6) is 11.8 Å². The molecule has 112 valence electrons. The molecule has 0 saturated heterocycles. The van der Waals surface area contributed by atoms with E-state index in [9.17, 15) is 19.8 Å². The number of rotatable bonds is 5. The second kappa shape index (κ2) is 6.51. The monoisotopic (exact) mass is 351 g/mol. The summed E-state index contributed by atoms with van der Waals surface area (Å²) in [4.78, 5) is 27.1. The highest BCUT2D eigenvalue weighted by Gasteiger charge is 2.25. The fourth-order valence-electron chi connectivity index (χ4n) is 1.03. The van der Waals surface area contributed by atoms with E-state index in [1.54, 1.807) is 13.8 Å². The second-order valence-corrected chi connectivity index (χ2v) is 6.12. The molecule has 1 aromatic rings. The van der Waals surface area contributed by atoms with Gasteiger partial charge in [0.15, 0.2) is 0 Å². The van der Waals surface area contributed by atoms with Gasteiger partial charge in [-0.05, 0) is 13.8 Å². The van der Waals surface area contributed by atoms with Crippen LogP contribution in [0.15, 0.2) is 12.1 Å². The molecule has 0 amide bonds. The van der Waals surface area contributed by atoms with Gasteiger partial charge in [0.05, 0.1) is 0 Å². The summed E-state index contributed by atoms with van der Waals surface area (Å²) in [6.45, 7) is 2.85. The maximum absolute atomic E-state index is 11.3. The number of esters is 1. The van der Waals surface area contributed by atoms with Crippen LogP contribution in [-0.4, -0.2) is 44.6 Å². The van der Waals surface area contributed by atoms with Crippen molar-refractivity contribution in [3.05, 3.63) is 12.1 Å². The molecule has 20 heavy (non-hydrogen) atoms. The van der Waals surface area contributed by atoms with E-state index in [-0.39, 0.29) is 13.2 Å². The summed E-state index contributed by atoms with van der Waals surface area (Å²) in [6.07, 6.45) is -1.17. The third-order valence-electron chi connectivity index (χ3n) is 1.99. The highest BCUT2D eigenvalue weighted by molar-refractivity contribution is 9.10. The quantitative estimate of drug-likeness (QED) is 0.465. The van der Waals surface area contributed by atoms with Crippen LogP contribution in [-0.2, 0) is 14.3 Å². The molecule has 0 atom stereocenters. The highest BCUT2D eigenvalue weighted by atomic mass is 79.9. The van der Waals surface area contributed by atoms with Crippen molar-refractivity contribution >= 4 is 28.1 Å². The molecule has 0 fully saturated rings. The summed E-state index contributed by atoms with van der Waals surface area (Å²) in [5.41, 5.74) is 0. The molecule has 0 aliphatic heterocycles. The topological polar surface area (TPSA) is 107 Å². The lowest BCUT2D eigenvalue weighted by molar-refractivity contribution is -0.146. The Morgan fingerprint density at radius 2 is 1.70 bits per heavy atom. The molecule has 1 rings (SSSR count). The van der Waals surface area contributed by atoms with Gasteiger partial charge in [-0.3, -0.25) is 9.63 Å². The van der Waals surface area contributed by atoms with Crippen LogP contribution in [0.25, 0.3) is 0 Å².